The highest BCUT2D eigenvalue weighted by molar-refractivity contribution is 7.99. The summed E-state index contributed by atoms with van der Waals surface area (Å²) in [6, 6.07) is 6.87. The van der Waals surface area contributed by atoms with Crippen LogP contribution in [0.2, 0.25) is 0 Å². The van der Waals surface area contributed by atoms with Crippen molar-refractivity contribution in [1.29, 1.82) is 0 Å². The minimum Gasteiger partial charge on any atom is -0.389 e. The predicted octanol–water partition coefficient (Wildman–Crippen LogP) is 2.43. The fourth-order valence-electron chi connectivity index (χ4n) is 1.67. The monoisotopic (exact) mass is 301 g/mol. The fourth-order valence-corrected chi connectivity index (χ4v) is 2.38. The highest BCUT2D eigenvalue weighted by atomic mass is 32.2. The van der Waals surface area contributed by atoms with E-state index in [1.54, 1.807) is 18.2 Å². The number of rotatable bonds is 10. The third-order valence-corrected chi connectivity index (χ3v) is 3.94. The van der Waals surface area contributed by atoms with Gasteiger partial charge in [0.1, 0.15) is 5.82 Å². The lowest BCUT2D eigenvalue weighted by Gasteiger charge is -2.17. The van der Waals surface area contributed by atoms with Crippen LogP contribution in [0.5, 0.6) is 0 Å². The van der Waals surface area contributed by atoms with Crippen molar-refractivity contribution in [2.24, 2.45) is 0 Å². The highest BCUT2D eigenvalue weighted by Gasteiger charge is 2.08. The van der Waals surface area contributed by atoms with E-state index in [4.69, 9.17) is 4.74 Å². The Morgan fingerprint density at radius 2 is 2.15 bits per heavy atom. The zero-order valence-corrected chi connectivity index (χ0v) is 13.0. The number of halogens is 1. The summed E-state index contributed by atoms with van der Waals surface area (Å²) >= 11 is 1.87. The summed E-state index contributed by atoms with van der Waals surface area (Å²) in [6.07, 6.45) is -0.573. The minimum absolute atomic E-state index is 0.185. The van der Waals surface area contributed by atoms with E-state index in [1.165, 1.54) is 6.07 Å². The fraction of sp³-hybridized carbons (Fsp3) is 0.600. The van der Waals surface area contributed by atoms with Crippen molar-refractivity contribution in [2.45, 2.75) is 32.6 Å². The zero-order valence-electron chi connectivity index (χ0n) is 12.1. The van der Waals surface area contributed by atoms with Gasteiger partial charge in [-0.2, -0.15) is 11.8 Å². The predicted molar refractivity (Wildman–Crippen MR) is 82.5 cm³/mol. The molecule has 0 heterocycles. The third-order valence-electron chi connectivity index (χ3n) is 2.80. The van der Waals surface area contributed by atoms with E-state index in [9.17, 15) is 9.50 Å². The van der Waals surface area contributed by atoms with Crippen molar-refractivity contribution >= 4 is 11.8 Å². The van der Waals surface area contributed by atoms with Crippen molar-refractivity contribution < 1.29 is 14.2 Å². The Hall–Kier alpha value is -0.620. The van der Waals surface area contributed by atoms with E-state index in [2.05, 4.69) is 19.2 Å². The maximum Gasteiger partial charge on any atom is 0.128 e. The van der Waals surface area contributed by atoms with Gasteiger partial charge in [-0.15, -0.1) is 0 Å². The van der Waals surface area contributed by atoms with Gasteiger partial charge in [-0.3, -0.25) is 0 Å². The van der Waals surface area contributed by atoms with Crippen LogP contribution in [0.4, 0.5) is 4.39 Å². The molecule has 0 aliphatic rings. The zero-order chi connectivity index (χ0) is 14.8. The van der Waals surface area contributed by atoms with E-state index in [0.717, 1.165) is 11.5 Å². The number of hydrogen-bond donors (Lipinski definition) is 2. The lowest BCUT2D eigenvalue weighted by Crippen LogP contribution is -2.37. The lowest BCUT2D eigenvalue weighted by atomic mass is 10.2. The first-order chi connectivity index (χ1) is 9.63. The molecule has 0 aliphatic heterocycles. The Kier molecular flexibility index (Phi) is 8.85. The number of aliphatic hydroxyl groups is 1. The average Bonchev–Trinajstić information content (AvgIpc) is 2.45. The first-order valence-electron chi connectivity index (χ1n) is 6.93. The SMILES string of the molecule is CCSCC(C)NCC(O)COCc1ccccc1F. The Bertz CT molecular complexity index is 379. The largest absolute Gasteiger partial charge is 0.389 e. The summed E-state index contributed by atoms with van der Waals surface area (Å²) in [5.74, 6) is 1.85. The second-order valence-electron chi connectivity index (χ2n) is 4.73. The maximum absolute atomic E-state index is 13.3. The molecule has 5 heteroatoms. The topological polar surface area (TPSA) is 41.5 Å². The van der Waals surface area contributed by atoms with Gasteiger partial charge in [-0.1, -0.05) is 25.1 Å². The molecule has 0 aliphatic carbocycles. The molecule has 1 rings (SSSR count). The molecule has 0 spiro atoms. The maximum atomic E-state index is 13.3. The molecular formula is C15H24FNO2S. The lowest BCUT2D eigenvalue weighted by molar-refractivity contribution is 0.0271. The molecule has 0 radical (unpaired) electrons. The highest BCUT2D eigenvalue weighted by Crippen LogP contribution is 2.07. The molecule has 1 aromatic rings. The van der Waals surface area contributed by atoms with E-state index in [0.29, 0.717) is 18.2 Å². The van der Waals surface area contributed by atoms with Crippen LogP contribution in [0.15, 0.2) is 24.3 Å². The molecule has 3 nitrogen and oxygen atoms in total. The van der Waals surface area contributed by atoms with Crippen LogP contribution in [-0.4, -0.2) is 41.9 Å². The van der Waals surface area contributed by atoms with Crippen LogP contribution < -0.4 is 5.32 Å². The van der Waals surface area contributed by atoms with E-state index in [-0.39, 0.29) is 19.0 Å². The standard InChI is InChI=1S/C15H24FNO2S/c1-3-20-11-12(2)17-8-14(18)10-19-9-13-6-4-5-7-15(13)16/h4-7,12,14,17-18H,3,8-11H2,1-2H3. The number of aliphatic hydroxyl groups excluding tert-OH is 1. The molecule has 2 atom stereocenters. The van der Waals surface area contributed by atoms with Crippen LogP contribution in [0, 0.1) is 5.82 Å². The summed E-state index contributed by atoms with van der Waals surface area (Å²) in [6.45, 7) is 5.10. The van der Waals surface area contributed by atoms with Gasteiger partial charge in [0.15, 0.2) is 0 Å². The van der Waals surface area contributed by atoms with Crippen molar-refractivity contribution in [3.05, 3.63) is 35.6 Å². The number of nitrogens with one attached hydrogen (secondary N) is 1. The van der Waals surface area contributed by atoms with Gasteiger partial charge in [0.05, 0.1) is 19.3 Å². The van der Waals surface area contributed by atoms with Gasteiger partial charge in [0.2, 0.25) is 0 Å². The summed E-state index contributed by atoms with van der Waals surface area (Å²) in [5.41, 5.74) is 0.514. The Morgan fingerprint density at radius 1 is 1.40 bits per heavy atom. The van der Waals surface area contributed by atoms with Crippen molar-refractivity contribution in [1.82, 2.24) is 5.32 Å². The van der Waals surface area contributed by atoms with E-state index in [1.807, 2.05) is 11.8 Å². The second kappa shape index (κ2) is 10.2. The quantitative estimate of drug-likeness (QED) is 0.696. The molecule has 0 saturated carbocycles. The third kappa shape index (κ3) is 7.24. The number of benzene rings is 1. The summed E-state index contributed by atoms with van der Waals surface area (Å²) in [4.78, 5) is 0. The minimum atomic E-state index is -0.573. The summed E-state index contributed by atoms with van der Waals surface area (Å²) < 4.78 is 18.7. The van der Waals surface area contributed by atoms with Gasteiger partial charge in [0.25, 0.3) is 0 Å². The molecule has 114 valence electrons. The molecule has 20 heavy (non-hydrogen) atoms. The Morgan fingerprint density at radius 3 is 2.85 bits per heavy atom. The smallest absolute Gasteiger partial charge is 0.128 e. The molecule has 0 saturated heterocycles. The Labute approximate surface area is 124 Å². The number of hydrogen-bond acceptors (Lipinski definition) is 4. The number of ether oxygens (including phenoxy) is 1. The second-order valence-corrected chi connectivity index (χ2v) is 6.05. The average molecular weight is 301 g/mol. The summed E-state index contributed by atoms with van der Waals surface area (Å²) in [7, 11) is 0. The van der Waals surface area contributed by atoms with Gasteiger partial charge in [-0.05, 0) is 18.7 Å². The summed E-state index contributed by atoms with van der Waals surface area (Å²) in [5, 5.41) is 13.0. The van der Waals surface area contributed by atoms with Crippen LogP contribution in [0.25, 0.3) is 0 Å². The normalized spacial score (nSPS) is 14.2. The van der Waals surface area contributed by atoms with Crippen LogP contribution >= 0.6 is 11.8 Å². The molecule has 0 fully saturated rings. The number of thioether (sulfide) groups is 1. The van der Waals surface area contributed by atoms with Crippen molar-refractivity contribution in [3.63, 3.8) is 0 Å². The molecule has 1 aromatic carbocycles. The molecule has 0 aromatic heterocycles. The van der Waals surface area contributed by atoms with Crippen molar-refractivity contribution in [2.75, 3.05) is 24.7 Å². The molecular weight excluding hydrogens is 277 g/mol. The van der Waals surface area contributed by atoms with Crippen LogP contribution in [0.3, 0.4) is 0 Å². The van der Waals surface area contributed by atoms with Crippen molar-refractivity contribution in [3.8, 4) is 0 Å². The molecule has 2 N–H and O–H groups in total. The van der Waals surface area contributed by atoms with Gasteiger partial charge >= 0.3 is 0 Å². The van der Waals surface area contributed by atoms with Gasteiger partial charge in [0, 0.05) is 23.9 Å². The molecule has 0 amide bonds. The molecule has 2 unspecified atom stereocenters. The van der Waals surface area contributed by atoms with Gasteiger partial charge < -0.3 is 15.2 Å². The van der Waals surface area contributed by atoms with Gasteiger partial charge in [-0.25, -0.2) is 4.39 Å². The Balaban J connectivity index is 2.14. The van der Waals surface area contributed by atoms with E-state index >= 15 is 0 Å². The molecule has 0 bridgehead atoms. The first-order valence-corrected chi connectivity index (χ1v) is 8.09. The van der Waals surface area contributed by atoms with Crippen LogP contribution in [-0.2, 0) is 11.3 Å². The first kappa shape index (κ1) is 17.4. The van der Waals surface area contributed by atoms with E-state index < -0.39 is 6.10 Å². The van der Waals surface area contributed by atoms with Crippen LogP contribution in [0.1, 0.15) is 19.4 Å².